The summed E-state index contributed by atoms with van der Waals surface area (Å²) in [5.41, 5.74) is 1.35. The van der Waals surface area contributed by atoms with E-state index in [-0.39, 0.29) is 11.6 Å². The lowest BCUT2D eigenvalue weighted by Gasteiger charge is -2.35. The molecule has 0 unspecified atom stereocenters. The van der Waals surface area contributed by atoms with Gasteiger partial charge >= 0.3 is 0 Å². The molecule has 31 heavy (non-hydrogen) atoms. The van der Waals surface area contributed by atoms with Gasteiger partial charge in [0.1, 0.15) is 11.6 Å². The Bertz CT molecular complexity index is 1210. The number of non-ortho nitro benzene ring substituents is 1. The molecule has 1 aliphatic rings. The highest BCUT2D eigenvalue weighted by Crippen LogP contribution is 2.27. The minimum atomic E-state index is -0.493. The number of anilines is 1. The van der Waals surface area contributed by atoms with Gasteiger partial charge in [0.05, 0.1) is 29.2 Å². The Balaban J connectivity index is 1.53. The predicted octanol–water partition coefficient (Wildman–Crippen LogP) is 2.99. The molecule has 9 nitrogen and oxygen atoms in total. The van der Waals surface area contributed by atoms with Crippen molar-refractivity contribution < 1.29 is 14.5 Å². The summed E-state index contributed by atoms with van der Waals surface area (Å²) in [6.45, 7) is 2.15. The van der Waals surface area contributed by atoms with Gasteiger partial charge in [0.2, 0.25) is 0 Å². The molecule has 9 heteroatoms. The van der Waals surface area contributed by atoms with Gasteiger partial charge in [-0.3, -0.25) is 14.9 Å². The summed E-state index contributed by atoms with van der Waals surface area (Å²) in [6, 6.07) is 15.1. The molecule has 1 aromatic heterocycles. The van der Waals surface area contributed by atoms with E-state index in [1.165, 1.54) is 12.1 Å². The average Bonchev–Trinajstić information content (AvgIpc) is 2.82. The number of nitriles is 1. The van der Waals surface area contributed by atoms with Crippen molar-refractivity contribution in [2.75, 3.05) is 38.2 Å². The number of carbonyl (C=O) groups excluding carboxylic acids is 1. The molecule has 0 aliphatic carbocycles. The fourth-order valence-electron chi connectivity index (χ4n) is 3.65. The summed E-state index contributed by atoms with van der Waals surface area (Å²) in [5.74, 6) is 1.19. The summed E-state index contributed by atoms with van der Waals surface area (Å²) in [6.07, 6.45) is 0. The maximum atomic E-state index is 12.8. The number of methoxy groups -OCH3 is 1. The Labute approximate surface area is 178 Å². The van der Waals surface area contributed by atoms with Crippen LogP contribution in [0.1, 0.15) is 15.9 Å². The van der Waals surface area contributed by atoms with Crippen LogP contribution in [0.15, 0.2) is 48.5 Å². The number of nitro groups is 1. The molecule has 4 rings (SSSR count). The lowest BCUT2D eigenvalue weighted by Crippen LogP contribution is -2.49. The zero-order valence-electron chi connectivity index (χ0n) is 16.8. The Kier molecular flexibility index (Phi) is 5.37. The average molecular weight is 417 g/mol. The molecule has 0 N–H and O–H groups in total. The Morgan fingerprint density at radius 1 is 1.16 bits per heavy atom. The minimum Gasteiger partial charge on any atom is -0.497 e. The maximum absolute atomic E-state index is 12.8. The van der Waals surface area contributed by atoms with Gasteiger partial charge in [0, 0.05) is 49.3 Å². The molecule has 156 valence electrons. The third-order valence-corrected chi connectivity index (χ3v) is 5.32. The quantitative estimate of drug-likeness (QED) is 0.474. The first-order valence-electron chi connectivity index (χ1n) is 9.67. The van der Waals surface area contributed by atoms with E-state index in [0.29, 0.717) is 59.8 Å². The van der Waals surface area contributed by atoms with E-state index in [4.69, 9.17) is 4.74 Å². The van der Waals surface area contributed by atoms with Crippen molar-refractivity contribution in [1.82, 2.24) is 9.88 Å². The predicted molar refractivity (Wildman–Crippen MR) is 114 cm³/mol. The van der Waals surface area contributed by atoms with E-state index >= 15 is 0 Å². The highest BCUT2D eigenvalue weighted by atomic mass is 16.6. The van der Waals surface area contributed by atoms with E-state index in [0.717, 1.165) is 0 Å². The Morgan fingerprint density at radius 2 is 1.94 bits per heavy atom. The maximum Gasteiger partial charge on any atom is 0.270 e. The van der Waals surface area contributed by atoms with E-state index in [9.17, 15) is 20.2 Å². The number of benzene rings is 2. The summed E-state index contributed by atoms with van der Waals surface area (Å²) in [5, 5.41) is 21.0. The zero-order chi connectivity index (χ0) is 22.0. The fourth-order valence-corrected chi connectivity index (χ4v) is 3.65. The first kappa shape index (κ1) is 20.1. The zero-order valence-corrected chi connectivity index (χ0v) is 16.8. The van der Waals surface area contributed by atoms with Crippen LogP contribution in [0.4, 0.5) is 11.5 Å². The third-order valence-electron chi connectivity index (χ3n) is 5.32. The van der Waals surface area contributed by atoms with E-state index in [1.807, 2.05) is 4.90 Å². The molecule has 1 fully saturated rings. The molecule has 0 atom stereocenters. The summed E-state index contributed by atoms with van der Waals surface area (Å²) < 4.78 is 5.19. The second-order valence-corrected chi connectivity index (χ2v) is 7.11. The van der Waals surface area contributed by atoms with Crippen LogP contribution in [-0.4, -0.2) is 54.0 Å². The number of nitro benzene ring substituents is 1. The van der Waals surface area contributed by atoms with Crippen LogP contribution in [0.5, 0.6) is 5.75 Å². The van der Waals surface area contributed by atoms with Crippen molar-refractivity contribution in [1.29, 1.82) is 5.26 Å². The van der Waals surface area contributed by atoms with Crippen molar-refractivity contribution >= 4 is 28.3 Å². The van der Waals surface area contributed by atoms with Crippen LogP contribution in [0, 0.1) is 21.4 Å². The molecule has 0 spiro atoms. The first-order chi connectivity index (χ1) is 15.0. The first-order valence-corrected chi connectivity index (χ1v) is 9.67. The van der Waals surface area contributed by atoms with Gasteiger partial charge in [-0.1, -0.05) is 6.07 Å². The number of aromatic nitrogens is 1. The molecule has 1 saturated heterocycles. The molecule has 3 aromatic rings. The number of carbonyl (C=O) groups is 1. The van der Waals surface area contributed by atoms with Crippen LogP contribution >= 0.6 is 0 Å². The largest absolute Gasteiger partial charge is 0.497 e. The number of hydrogen-bond donors (Lipinski definition) is 0. The number of rotatable bonds is 4. The fraction of sp³-hybridized carbons (Fsp3) is 0.227. The SMILES string of the molecule is COc1cccc(C(=O)N2CCN(c3cc(C#N)c4cc([N+](=O)[O-])ccc4n3)CC2)c1. The highest BCUT2D eigenvalue weighted by molar-refractivity contribution is 5.95. The number of ether oxygens (including phenoxy) is 1. The van der Waals surface area contributed by atoms with Crippen molar-refractivity contribution in [3.05, 3.63) is 69.8 Å². The standard InChI is InChI=1S/C22H19N5O4/c1-31-18-4-2-3-15(11-18)22(28)26-9-7-25(8-10-26)21-12-16(14-23)19-13-17(27(29)30)5-6-20(19)24-21/h2-6,11-13H,7-10H2,1H3. The van der Waals surface area contributed by atoms with E-state index in [2.05, 4.69) is 11.1 Å². The highest BCUT2D eigenvalue weighted by Gasteiger charge is 2.24. The van der Waals surface area contributed by atoms with Crippen molar-refractivity contribution in [3.63, 3.8) is 0 Å². The van der Waals surface area contributed by atoms with Gasteiger partial charge in [0.25, 0.3) is 11.6 Å². The normalized spacial score (nSPS) is 13.7. The molecule has 0 bridgehead atoms. The molecule has 2 heterocycles. The number of hydrogen-bond acceptors (Lipinski definition) is 7. The van der Waals surface area contributed by atoms with Crippen LogP contribution in [0.3, 0.4) is 0 Å². The monoisotopic (exact) mass is 417 g/mol. The number of nitrogens with zero attached hydrogens (tertiary/aromatic N) is 5. The minimum absolute atomic E-state index is 0.0601. The van der Waals surface area contributed by atoms with E-state index in [1.54, 1.807) is 48.4 Å². The van der Waals surface area contributed by atoms with Gasteiger partial charge in [-0.25, -0.2) is 4.98 Å². The van der Waals surface area contributed by atoms with Gasteiger partial charge in [-0.05, 0) is 30.3 Å². The van der Waals surface area contributed by atoms with Gasteiger partial charge in [-0.15, -0.1) is 0 Å². The molecule has 1 aliphatic heterocycles. The van der Waals surface area contributed by atoms with Crippen molar-refractivity contribution in [3.8, 4) is 11.8 Å². The third kappa shape index (κ3) is 3.96. The second-order valence-electron chi connectivity index (χ2n) is 7.11. The molecular formula is C22H19N5O4. The number of piperazine rings is 1. The Morgan fingerprint density at radius 3 is 2.61 bits per heavy atom. The number of fused-ring (bicyclic) bond motifs is 1. The topological polar surface area (TPSA) is 113 Å². The molecule has 2 aromatic carbocycles. The number of amides is 1. The van der Waals surface area contributed by atoms with Crippen LogP contribution in [-0.2, 0) is 0 Å². The summed E-state index contributed by atoms with van der Waals surface area (Å²) in [4.78, 5) is 31.7. The van der Waals surface area contributed by atoms with Crippen molar-refractivity contribution in [2.45, 2.75) is 0 Å². The summed E-state index contributed by atoms with van der Waals surface area (Å²) >= 11 is 0. The smallest absolute Gasteiger partial charge is 0.270 e. The van der Waals surface area contributed by atoms with Crippen molar-refractivity contribution in [2.24, 2.45) is 0 Å². The van der Waals surface area contributed by atoms with Crippen LogP contribution in [0.25, 0.3) is 10.9 Å². The van der Waals surface area contributed by atoms with Gasteiger partial charge in [-0.2, -0.15) is 5.26 Å². The lowest BCUT2D eigenvalue weighted by atomic mass is 10.1. The molecule has 0 saturated carbocycles. The number of pyridine rings is 1. The molecule has 0 radical (unpaired) electrons. The van der Waals surface area contributed by atoms with E-state index < -0.39 is 4.92 Å². The molecule has 1 amide bonds. The van der Waals surface area contributed by atoms with Gasteiger partial charge < -0.3 is 14.5 Å². The Hall–Kier alpha value is -4.19. The van der Waals surface area contributed by atoms with Crippen LogP contribution < -0.4 is 9.64 Å². The molecular weight excluding hydrogens is 398 g/mol. The summed E-state index contributed by atoms with van der Waals surface area (Å²) in [7, 11) is 1.56. The second kappa shape index (κ2) is 8.28. The lowest BCUT2D eigenvalue weighted by molar-refractivity contribution is -0.384. The van der Waals surface area contributed by atoms with Gasteiger partial charge in [0.15, 0.2) is 0 Å². The van der Waals surface area contributed by atoms with Crippen LogP contribution in [0.2, 0.25) is 0 Å².